The molecule has 2 heterocycles. The summed E-state index contributed by atoms with van der Waals surface area (Å²) in [6, 6.07) is 5.45. The lowest BCUT2D eigenvalue weighted by atomic mass is 9.90. The molecule has 108 valence electrons. The maximum atomic E-state index is 14.5. The smallest absolute Gasteiger partial charge is 0.129 e. The molecule has 2 aromatic heterocycles. The molecule has 0 aliphatic rings. The van der Waals surface area contributed by atoms with Crippen LogP contribution in [0.15, 0.2) is 36.9 Å². The van der Waals surface area contributed by atoms with E-state index in [1.54, 1.807) is 30.2 Å². The van der Waals surface area contributed by atoms with Crippen molar-refractivity contribution in [2.24, 2.45) is 7.05 Å². The third-order valence-corrected chi connectivity index (χ3v) is 3.56. The zero-order chi connectivity index (χ0) is 14.8. The molecular formula is C15H16FN5. The minimum Gasteiger partial charge on any atom is -0.348 e. The van der Waals surface area contributed by atoms with Crippen molar-refractivity contribution < 1.29 is 4.39 Å². The summed E-state index contributed by atoms with van der Waals surface area (Å²) in [5.74, 6) is -0.343. The van der Waals surface area contributed by atoms with Crippen LogP contribution in [0.1, 0.15) is 28.4 Å². The quantitative estimate of drug-likeness (QED) is 0.800. The van der Waals surface area contributed by atoms with Gasteiger partial charge in [0.15, 0.2) is 0 Å². The van der Waals surface area contributed by atoms with Crippen molar-refractivity contribution in [2.75, 3.05) is 0 Å². The third-order valence-electron chi connectivity index (χ3n) is 3.56. The standard InChI is InChI=1S/C15H16FN5/c1-10-4-3-5-12(15(10)16)13(14-7-17-9-18-14)6-11-8-21(2)20-19-11/h3-5,7-9,13H,6H2,1-2H3,(H,17,18)/t13-/m1/s1. The first-order chi connectivity index (χ1) is 10.1. The molecule has 1 N–H and O–H groups in total. The van der Waals surface area contributed by atoms with E-state index < -0.39 is 0 Å². The van der Waals surface area contributed by atoms with Crippen LogP contribution < -0.4 is 0 Å². The van der Waals surface area contributed by atoms with Gasteiger partial charge in [-0.2, -0.15) is 0 Å². The molecule has 3 rings (SSSR count). The summed E-state index contributed by atoms with van der Waals surface area (Å²) >= 11 is 0. The normalized spacial score (nSPS) is 12.5. The van der Waals surface area contributed by atoms with Crippen LogP contribution in [0.2, 0.25) is 0 Å². The number of aromatic nitrogens is 5. The van der Waals surface area contributed by atoms with E-state index in [4.69, 9.17) is 0 Å². The number of aromatic amines is 1. The first-order valence-corrected chi connectivity index (χ1v) is 6.73. The lowest BCUT2D eigenvalue weighted by Gasteiger charge is -2.16. The van der Waals surface area contributed by atoms with Crippen LogP contribution in [0.3, 0.4) is 0 Å². The van der Waals surface area contributed by atoms with Gasteiger partial charge in [0.1, 0.15) is 5.82 Å². The van der Waals surface area contributed by atoms with Crippen molar-refractivity contribution >= 4 is 0 Å². The number of hydrogen-bond donors (Lipinski definition) is 1. The van der Waals surface area contributed by atoms with Gasteiger partial charge in [-0.3, -0.25) is 4.68 Å². The molecule has 0 bridgehead atoms. The molecule has 6 heteroatoms. The zero-order valence-electron chi connectivity index (χ0n) is 11.9. The van der Waals surface area contributed by atoms with Crippen molar-refractivity contribution in [1.82, 2.24) is 25.0 Å². The molecular weight excluding hydrogens is 269 g/mol. The Morgan fingerprint density at radius 1 is 1.38 bits per heavy atom. The maximum absolute atomic E-state index is 14.5. The molecule has 1 aromatic carbocycles. The first kappa shape index (κ1) is 13.5. The highest BCUT2D eigenvalue weighted by Gasteiger charge is 2.22. The largest absolute Gasteiger partial charge is 0.348 e. The van der Waals surface area contributed by atoms with Crippen LogP contribution in [-0.2, 0) is 13.5 Å². The van der Waals surface area contributed by atoms with Gasteiger partial charge in [0, 0.05) is 37.5 Å². The number of nitrogens with zero attached hydrogens (tertiary/aromatic N) is 4. The van der Waals surface area contributed by atoms with Crippen molar-refractivity contribution in [3.8, 4) is 0 Å². The molecule has 0 spiro atoms. The number of H-pyrrole nitrogens is 1. The zero-order valence-corrected chi connectivity index (χ0v) is 11.9. The average molecular weight is 285 g/mol. The van der Waals surface area contributed by atoms with E-state index in [-0.39, 0.29) is 11.7 Å². The number of halogens is 1. The van der Waals surface area contributed by atoms with E-state index in [0.717, 1.165) is 11.4 Å². The number of imidazole rings is 1. The van der Waals surface area contributed by atoms with Crippen LogP contribution in [0, 0.1) is 12.7 Å². The summed E-state index contributed by atoms with van der Waals surface area (Å²) in [4.78, 5) is 7.12. The van der Waals surface area contributed by atoms with Gasteiger partial charge in [0.2, 0.25) is 0 Å². The fourth-order valence-corrected chi connectivity index (χ4v) is 2.48. The lowest BCUT2D eigenvalue weighted by Crippen LogP contribution is -2.09. The van der Waals surface area contributed by atoms with E-state index in [1.807, 2.05) is 25.4 Å². The fraction of sp³-hybridized carbons (Fsp3) is 0.267. The summed E-state index contributed by atoms with van der Waals surface area (Å²) in [6.07, 6.45) is 5.74. The van der Waals surface area contributed by atoms with Crippen LogP contribution in [0.4, 0.5) is 4.39 Å². The van der Waals surface area contributed by atoms with Gasteiger partial charge >= 0.3 is 0 Å². The summed E-state index contributed by atoms with van der Waals surface area (Å²) in [5, 5.41) is 8.03. The van der Waals surface area contributed by atoms with E-state index >= 15 is 0 Å². The van der Waals surface area contributed by atoms with Crippen LogP contribution in [-0.4, -0.2) is 25.0 Å². The topological polar surface area (TPSA) is 59.4 Å². The maximum Gasteiger partial charge on any atom is 0.129 e. The summed E-state index contributed by atoms with van der Waals surface area (Å²) in [5.41, 5.74) is 2.96. The van der Waals surface area contributed by atoms with E-state index in [1.165, 1.54) is 0 Å². The van der Waals surface area contributed by atoms with Crippen LogP contribution >= 0.6 is 0 Å². The number of hydrogen-bond acceptors (Lipinski definition) is 3. The van der Waals surface area contributed by atoms with Gasteiger partial charge in [0.25, 0.3) is 0 Å². The van der Waals surface area contributed by atoms with Gasteiger partial charge in [0.05, 0.1) is 12.0 Å². The van der Waals surface area contributed by atoms with Gasteiger partial charge in [-0.05, 0) is 18.1 Å². The number of aryl methyl sites for hydroxylation is 2. The monoisotopic (exact) mass is 285 g/mol. The second-order valence-corrected chi connectivity index (χ2v) is 5.13. The molecule has 0 saturated carbocycles. The summed E-state index contributed by atoms with van der Waals surface area (Å²) in [7, 11) is 1.81. The average Bonchev–Trinajstić information content (AvgIpc) is 3.11. The van der Waals surface area contributed by atoms with Gasteiger partial charge < -0.3 is 4.98 Å². The summed E-state index contributed by atoms with van der Waals surface area (Å²) in [6.45, 7) is 1.77. The molecule has 21 heavy (non-hydrogen) atoms. The molecule has 0 aliphatic carbocycles. The molecule has 0 saturated heterocycles. The molecule has 1 atom stereocenters. The molecule has 0 aliphatic heterocycles. The second-order valence-electron chi connectivity index (χ2n) is 5.13. The minimum absolute atomic E-state index is 0.163. The van der Waals surface area contributed by atoms with Crippen molar-refractivity contribution in [1.29, 1.82) is 0 Å². The Kier molecular flexibility index (Phi) is 3.51. The molecule has 0 amide bonds. The molecule has 5 nitrogen and oxygen atoms in total. The predicted octanol–water partition coefficient (Wildman–Crippen LogP) is 2.36. The molecule has 3 aromatic rings. The first-order valence-electron chi connectivity index (χ1n) is 6.73. The number of rotatable bonds is 4. The lowest BCUT2D eigenvalue weighted by molar-refractivity contribution is 0.583. The van der Waals surface area contributed by atoms with Crippen molar-refractivity contribution in [3.05, 3.63) is 65.3 Å². The van der Waals surface area contributed by atoms with E-state index in [2.05, 4.69) is 20.3 Å². The SMILES string of the molecule is Cc1cccc([C@@H](Cc2cn(C)nn2)c2cnc[nH]2)c1F. The minimum atomic E-state index is -0.180. The highest BCUT2D eigenvalue weighted by atomic mass is 19.1. The van der Waals surface area contributed by atoms with E-state index in [0.29, 0.717) is 17.5 Å². The van der Waals surface area contributed by atoms with Crippen molar-refractivity contribution in [2.45, 2.75) is 19.3 Å². The molecule has 0 unspecified atom stereocenters. The molecule has 0 radical (unpaired) electrons. The Morgan fingerprint density at radius 3 is 2.90 bits per heavy atom. The van der Waals surface area contributed by atoms with Crippen LogP contribution in [0.5, 0.6) is 0 Å². The molecule has 0 fully saturated rings. The highest BCUT2D eigenvalue weighted by molar-refractivity contribution is 5.34. The summed E-state index contributed by atoms with van der Waals surface area (Å²) < 4.78 is 16.1. The van der Waals surface area contributed by atoms with Crippen LogP contribution in [0.25, 0.3) is 0 Å². The second kappa shape index (κ2) is 5.47. The Balaban J connectivity index is 2.02. The van der Waals surface area contributed by atoms with E-state index in [9.17, 15) is 4.39 Å². The van der Waals surface area contributed by atoms with Gasteiger partial charge in [-0.15, -0.1) is 5.10 Å². The Labute approximate surface area is 121 Å². The Bertz CT molecular complexity index is 732. The predicted molar refractivity (Wildman–Crippen MR) is 76.3 cm³/mol. The van der Waals surface area contributed by atoms with Gasteiger partial charge in [-0.25, -0.2) is 9.37 Å². The highest BCUT2D eigenvalue weighted by Crippen LogP contribution is 2.29. The van der Waals surface area contributed by atoms with Crippen molar-refractivity contribution in [3.63, 3.8) is 0 Å². The Hall–Kier alpha value is -2.50. The number of nitrogens with one attached hydrogen (secondary N) is 1. The third kappa shape index (κ3) is 2.69. The van der Waals surface area contributed by atoms with Gasteiger partial charge in [-0.1, -0.05) is 23.4 Å². The fourth-order valence-electron chi connectivity index (χ4n) is 2.48. The number of benzene rings is 1. The Morgan fingerprint density at radius 2 is 2.24 bits per heavy atom.